The van der Waals surface area contributed by atoms with Gasteiger partial charge in [-0.3, -0.25) is 0 Å². The Morgan fingerprint density at radius 1 is 0.765 bits per heavy atom. The molecule has 0 spiro atoms. The van der Waals surface area contributed by atoms with E-state index in [1.165, 1.54) is 57.8 Å². The molecule has 1 saturated carbocycles. The highest BCUT2D eigenvalue weighted by molar-refractivity contribution is 4.74. The topological polar surface area (TPSA) is 18.5 Å². The largest absolute Gasteiger partial charge is 0.236 e. The fourth-order valence-electron chi connectivity index (χ4n) is 2.64. The maximum absolute atomic E-state index is 5.62. The van der Waals surface area contributed by atoms with Gasteiger partial charge in [-0.2, -0.15) is 0 Å². The first kappa shape index (κ1) is 15.0. The molecule has 2 nitrogen and oxygen atoms in total. The summed E-state index contributed by atoms with van der Waals surface area (Å²) in [5.74, 6) is 0. The van der Waals surface area contributed by atoms with E-state index >= 15 is 0 Å². The highest BCUT2D eigenvalue weighted by Gasteiger charge is 2.25. The van der Waals surface area contributed by atoms with E-state index in [0.717, 1.165) is 12.8 Å². The number of hydrogen-bond donors (Lipinski definition) is 0. The summed E-state index contributed by atoms with van der Waals surface area (Å²) >= 11 is 0. The average molecular weight is 242 g/mol. The summed E-state index contributed by atoms with van der Waals surface area (Å²) in [6.07, 6.45) is 14.6. The zero-order chi connectivity index (χ0) is 12.4. The monoisotopic (exact) mass is 242 g/mol. The standard InChI is InChI=1S/C15H30O2/c1-3-16-17-15(2)13-11-9-7-5-4-6-8-10-12-14-15/h3-14H2,1-2H3. The molecule has 1 fully saturated rings. The van der Waals surface area contributed by atoms with Crippen LogP contribution in [0.25, 0.3) is 0 Å². The summed E-state index contributed by atoms with van der Waals surface area (Å²) in [7, 11) is 0. The van der Waals surface area contributed by atoms with E-state index in [0.29, 0.717) is 6.61 Å². The lowest BCUT2D eigenvalue weighted by Gasteiger charge is -2.28. The maximum atomic E-state index is 5.62. The number of hydrogen-bond acceptors (Lipinski definition) is 2. The van der Waals surface area contributed by atoms with Crippen LogP contribution in [-0.4, -0.2) is 12.2 Å². The zero-order valence-electron chi connectivity index (χ0n) is 11.8. The molecule has 0 saturated heterocycles. The third-order valence-electron chi connectivity index (χ3n) is 3.79. The Labute approximate surface area is 107 Å². The van der Waals surface area contributed by atoms with Crippen molar-refractivity contribution in [3.8, 4) is 0 Å². The van der Waals surface area contributed by atoms with Crippen LogP contribution in [0.15, 0.2) is 0 Å². The minimum Gasteiger partial charge on any atom is -0.236 e. The Kier molecular flexibility index (Phi) is 7.87. The molecule has 2 heteroatoms. The second-order valence-corrected chi connectivity index (χ2v) is 5.62. The van der Waals surface area contributed by atoms with Gasteiger partial charge in [-0.05, 0) is 26.7 Å². The van der Waals surface area contributed by atoms with Crippen molar-refractivity contribution in [2.75, 3.05) is 6.61 Å². The van der Waals surface area contributed by atoms with Crippen LogP contribution in [0.4, 0.5) is 0 Å². The summed E-state index contributed by atoms with van der Waals surface area (Å²) in [6, 6.07) is 0. The Morgan fingerprint density at radius 3 is 1.59 bits per heavy atom. The van der Waals surface area contributed by atoms with E-state index in [4.69, 9.17) is 9.78 Å². The summed E-state index contributed by atoms with van der Waals surface area (Å²) in [5.41, 5.74) is -0.0464. The van der Waals surface area contributed by atoms with Crippen LogP contribution >= 0.6 is 0 Å². The minimum atomic E-state index is -0.0464. The van der Waals surface area contributed by atoms with Gasteiger partial charge in [0, 0.05) is 0 Å². The molecule has 0 aromatic rings. The van der Waals surface area contributed by atoms with Gasteiger partial charge in [-0.1, -0.05) is 57.8 Å². The third-order valence-corrected chi connectivity index (χ3v) is 3.79. The lowest BCUT2D eigenvalue weighted by Crippen LogP contribution is -2.29. The molecule has 17 heavy (non-hydrogen) atoms. The van der Waals surface area contributed by atoms with Crippen molar-refractivity contribution >= 4 is 0 Å². The Balaban J connectivity index is 2.35. The molecule has 0 N–H and O–H groups in total. The van der Waals surface area contributed by atoms with Gasteiger partial charge in [-0.25, -0.2) is 9.78 Å². The first-order chi connectivity index (χ1) is 8.27. The summed E-state index contributed by atoms with van der Waals surface area (Å²) in [4.78, 5) is 10.8. The van der Waals surface area contributed by atoms with Gasteiger partial charge in [0.1, 0.15) is 5.60 Å². The van der Waals surface area contributed by atoms with Crippen LogP contribution in [0, 0.1) is 0 Å². The van der Waals surface area contributed by atoms with Crippen molar-refractivity contribution in [1.82, 2.24) is 0 Å². The highest BCUT2D eigenvalue weighted by atomic mass is 17.2. The average Bonchev–Trinajstić information content (AvgIpc) is 2.32. The van der Waals surface area contributed by atoms with Crippen molar-refractivity contribution in [2.45, 2.75) is 90.1 Å². The predicted octanol–water partition coefficient (Wildman–Crippen LogP) is 5.02. The SMILES string of the molecule is CCOOC1(C)CCCCCCCCCCC1. The molecule has 102 valence electrons. The van der Waals surface area contributed by atoms with Gasteiger partial charge >= 0.3 is 0 Å². The van der Waals surface area contributed by atoms with E-state index in [9.17, 15) is 0 Å². The van der Waals surface area contributed by atoms with Crippen molar-refractivity contribution in [2.24, 2.45) is 0 Å². The Hall–Kier alpha value is -0.0800. The van der Waals surface area contributed by atoms with E-state index in [-0.39, 0.29) is 5.60 Å². The van der Waals surface area contributed by atoms with E-state index in [2.05, 4.69) is 6.92 Å². The molecule has 1 aliphatic rings. The molecule has 1 rings (SSSR count). The molecule has 0 aromatic carbocycles. The second kappa shape index (κ2) is 8.93. The van der Waals surface area contributed by atoms with Gasteiger partial charge in [0.05, 0.1) is 6.61 Å². The van der Waals surface area contributed by atoms with Gasteiger partial charge < -0.3 is 0 Å². The molecular formula is C15H30O2. The van der Waals surface area contributed by atoms with Crippen LogP contribution < -0.4 is 0 Å². The fourth-order valence-corrected chi connectivity index (χ4v) is 2.64. The van der Waals surface area contributed by atoms with Crippen LogP contribution in [0.1, 0.15) is 84.5 Å². The zero-order valence-corrected chi connectivity index (χ0v) is 11.8. The first-order valence-corrected chi connectivity index (χ1v) is 7.57. The van der Waals surface area contributed by atoms with E-state index < -0.39 is 0 Å². The molecule has 1 aliphatic carbocycles. The second-order valence-electron chi connectivity index (χ2n) is 5.62. The van der Waals surface area contributed by atoms with Crippen LogP contribution in [-0.2, 0) is 9.78 Å². The normalized spacial score (nSPS) is 23.6. The van der Waals surface area contributed by atoms with Crippen molar-refractivity contribution < 1.29 is 9.78 Å². The molecule has 0 bridgehead atoms. The fraction of sp³-hybridized carbons (Fsp3) is 1.00. The maximum Gasteiger partial charge on any atom is 0.101 e. The highest BCUT2D eigenvalue weighted by Crippen LogP contribution is 2.27. The van der Waals surface area contributed by atoms with Gasteiger partial charge in [-0.15, -0.1) is 0 Å². The van der Waals surface area contributed by atoms with Crippen molar-refractivity contribution in [1.29, 1.82) is 0 Å². The van der Waals surface area contributed by atoms with Crippen LogP contribution in [0.2, 0.25) is 0 Å². The van der Waals surface area contributed by atoms with Gasteiger partial charge in [0.15, 0.2) is 0 Å². The molecule has 0 radical (unpaired) electrons. The smallest absolute Gasteiger partial charge is 0.101 e. The lowest BCUT2D eigenvalue weighted by atomic mass is 9.90. The first-order valence-electron chi connectivity index (χ1n) is 7.57. The molecular weight excluding hydrogens is 212 g/mol. The van der Waals surface area contributed by atoms with Gasteiger partial charge in [0.25, 0.3) is 0 Å². The Bertz CT molecular complexity index is 168. The number of rotatable bonds is 3. The minimum absolute atomic E-state index is 0.0464. The van der Waals surface area contributed by atoms with Crippen LogP contribution in [0.5, 0.6) is 0 Å². The van der Waals surface area contributed by atoms with E-state index in [1.807, 2.05) is 6.92 Å². The molecule has 0 unspecified atom stereocenters. The molecule has 0 heterocycles. The van der Waals surface area contributed by atoms with Crippen molar-refractivity contribution in [3.05, 3.63) is 0 Å². The van der Waals surface area contributed by atoms with Gasteiger partial charge in [0.2, 0.25) is 0 Å². The third kappa shape index (κ3) is 7.05. The Morgan fingerprint density at radius 2 is 1.18 bits per heavy atom. The summed E-state index contributed by atoms with van der Waals surface area (Å²) in [6.45, 7) is 4.85. The molecule has 0 amide bonds. The lowest BCUT2D eigenvalue weighted by molar-refractivity contribution is -0.358. The molecule has 0 atom stereocenters. The summed E-state index contributed by atoms with van der Waals surface area (Å²) in [5, 5.41) is 0. The van der Waals surface area contributed by atoms with E-state index in [1.54, 1.807) is 0 Å². The quantitative estimate of drug-likeness (QED) is 0.511. The predicted molar refractivity (Wildman–Crippen MR) is 71.9 cm³/mol. The van der Waals surface area contributed by atoms with Crippen molar-refractivity contribution in [3.63, 3.8) is 0 Å². The van der Waals surface area contributed by atoms with Crippen LogP contribution in [0.3, 0.4) is 0 Å². The molecule has 0 aliphatic heterocycles. The molecule has 0 aromatic heterocycles. The summed E-state index contributed by atoms with van der Waals surface area (Å²) < 4.78 is 0.